The van der Waals surface area contributed by atoms with E-state index in [1.54, 1.807) is 18.1 Å². The van der Waals surface area contributed by atoms with Crippen LogP contribution in [0.1, 0.15) is 25.3 Å². The van der Waals surface area contributed by atoms with Gasteiger partial charge in [0.15, 0.2) is 0 Å². The Hall–Kier alpha value is -3.61. The van der Waals surface area contributed by atoms with E-state index in [0.29, 0.717) is 25.3 Å². The fourth-order valence-corrected chi connectivity index (χ4v) is 4.72. The molecule has 1 N–H and O–H groups in total. The van der Waals surface area contributed by atoms with Crippen LogP contribution in [0.4, 0.5) is 16.5 Å². The number of hydrogen-bond acceptors (Lipinski definition) is 4. The molecule has 3 aromatic rings. The number of nitrogens with one attached hydrogen (secondary N) is 1. The number of carbonyl (C=O) groups excluding carboxylic acids is 2. The predicted molar refractivity (Wildman–Crippen MR) is 118 cm³/mol. The molecule has 5 rings (SSSR count). The number of aromatic nitrogens is 1. The summed E-state index contributed by atoms with van der Waals surface area (Å²) in [7, 11) is 0. The van der Waals surface area contributed by atoms with Crippen molar-refractivity contribution in [3.63, 3.8) is 0 Å². The van der Waals surface area contributed by atoms with Gasteiger partial charge in [0.2, 0.25) is 5.91 Å². The first-order valence-corrected chi connectivity index (χ1v) is 10.5. The lowest BCUT2D eigenvalue weighted by molar-refractivity contribution is -0.116. The molecule has 3 heterocycles. The van der Waals surface area contributed by atoms with Gasteiger partial charge in [0, 0.05) is 43.2 Å². The number of likely N-dealkylation sites (tertiary alicyclic amines) is 1. The summed E-state index contributed by atoms with van der Waals surface area (Å²) < 4.78 is 5.45. The number of fused-ring (bicyclic) bond motifs is 2. The number of nitrogens with zero attached hydrogens (tertiary/aromatic N) is 3. The molecule has 2 aliphatic heterocycles. The van der Waals surface area contributed by atoms with Crippen LogP contribution in [0.15, 0.2) is 65.3 Å². The molecule has 7 nitrogen and oxygen atoms in total. The Bertz CT molecular complexity index is 1120. The monoisotopic (exact) mass is 416 g/mol. The molecule has 1 aromatic heterocycles. The van der Waals surface area contributed by atoms with Crippen molar-refractivity contribution in [2.75, 3.05) is 29.9 Å². The molecule has 7 heteroatoms. The molecule has 2 aromatic carbocycles. The van der Waals surface area contributed by atoms with Gasteiger partial charge in [-0.05, 0) is 24.5 Å². The Labute approximate surface area is 180 Å². The van der Waals surface area contributed by atoms with Gasteiger partial charge in [0.25, 0.3) is 0 Å². The maximum Gasteiger partial charge on any atom is 0.325 e. The van der Waals surface area contributed by atoms with E-state index in [9.17, 15) is 9.59 Å². The van der Waals surface area contributed by atoms with Crippen LogP contribution < -0.4 is 10.2 Å². The molecule has 1 fully saturated rings. The smallest absolute Gasteiger partial charge is 0.325 e. The van der Waals surface area contributed by atoms with Gasteiger partial charge in [-0.1, -0.05) is 48.5 Å². The Morgan fingerprint density at radius 2 is 1.74 bits per heavy atom. The normalized spacial score (nSPS) is 16.9. The molecule has 1 saturated heterocycles. The highest BCUT2D eigenvalue weighted by Crippen LogP contribution is 2.47. The van der Waals surface area contributed by atoms with E-state index in [0.717, 1.165) is 24.1 Å². The van der Waals surface area contributed by atoms with Crippen LogP contribution in [0, 0.1) is 0 Å². The first kappa shape index (κ1) is 19.4. The molecule has 31 heavy (non-hydrogen) atoms. The van der Waals surface area contributed by atoms with E-state index in [1.807, 2.05) is 53.4 Å². The lowest BCUT2D eigenvalue weighted by Gasteiger charge is -2.39. The summed E-state index contributed by atoms with van der Waals surface area (Å²) in [5.41, 5.74) is 3.73. The van der Waals surface area contributed by atoms with Crippen LogP contribution in [0.25, 0.3) is 11.3 Å². The predicted octanol–water partition coefficient (Wildman–Crippen LogP) is 4.27. The fraction of sp³-hybridized carbons (Fsp3) is 0.292. The summed E-state index contributed by atoms with van der Waals surface area (Å²) in [6.45, 7) is 3.51. The number of benzene rings is 2. The summed E-state index contributed by atoms with van der Waals surface area (Å²) in [5, 5.41) is 2.77. The number of urea groups is 1. The van der Waals surface area contributed by atoms with E-state index in [2.05, 4.69) is 16.4 Å². The molecular weight excluding hydrogens is 392 g/mol. The fourth-order valence-electron chi connectivity index (χ4n) is 4.72. The summed E-state index contributed by atoms with van der Waals surface area (Å²) in [4.78, 5) is 33.0. The number of rotatable bonds is 2. The molecule has 0 saturated carbocycles. The summed E-state index contributed by atoms with van der Waals surface area (Å²) in [6.07, 6.45) is 3.16. The van der Waals surface area contributed by atoms with Gasteiger partial charge in [0.05, 0.1) is 0 Å². The molecular formula is C24H24N4O3. The van der Waals surface area contributed by atoms with E-state index in [-0.39, 0.29) is 23.4 Å². The highest BCUT2D eigenvalue weighted by atomic mass is 16.4. The van der Waals surface area contributed by atoms with Crippen molar-refractivity contribution in [3.05, 3.63) is 66.4 Å². The number of carbonyl (C=O) groups is 2. The van der Waals surface area contributed by atoms with Crippen molar-refractivity contribution < 1.29 is 14.0 Å². The Morgan fingerprint density at radius 3 is 2.48 bits per heavy atom. The third kappa shape index (κ3) is 3.46. The second kappa shape index (κ2) is 7.58. The van der Waals surface area contributed by atoms with Crippen molar-refractivity contribution >= 4 is 23.6 Å². The number of para-hydroxylation sites is 1. The number of amides is 3. The minimum atomic E-state index is -0.217. The van der Waals surface area contributed by atoms with Gasteiger partial charge in [-0.15, -0.1) is 0 Å². The third-order valence-corrected chi connectivity index (χ3v) is 6.40. The molecule has 0 bridgehead atoms. The zero-order chi connectivity index (χ0) is 21.4. The van der Waals surface area contributed by atoms with Gasteiger partial charge in [0.1, 0.15) is 12.0 Å². The SMILES string of the molecule is CC(=O)N1CC2(CCN(C(=O)Nc3nc(-c4ccccc4)co3)CC2)c2ccccc21. The van der Waals surface area contributed by atoms with Gasteiger partial charge < -0.3 is 14.2 Å². The maximum absolute atomic E-state index is 12.8. The summed E-state index contributed by atoms with van der Waals surface area (Å²) >= 11 is 0. The maximum atomic E-state index is 12.8. The quantitative estimate of drug-likeness (QED) is 0.677. The number of hydrogen-bond donors (Lipinski definition) is 1. The lowest BCUT2D eigenvalue weighted by atomic mass is 9.74. The highest BCUT2D eigenvalue weighted by Gasteiger charge is 2.46. The van der Waals surface area contributed by atoms with E-state index >= 15 is 0 Å². The van der Waals surface area contributed by atoms with Crippen molar-refractivity contribution in [2.45, 2.75) is 25.2 Å². The molecule has 3 amide bonds. The van der Waals surface area contributed by atoms with Crippen LogP contribution in [0.2, 0.25) is 0 Å². The molecule has 0 atom stereocenters. The van der Waals surface area contributed by atoms with E-state index < -0.39 is 0 Å². The largest absolute Gasteiger partial charge is 0.431 e. The van der Waals surface area contributed by atoms with Gasteiger partial charge in [-0.25, -0.2) is 4.79 Å². The summed E-state index contributed by atoms with van der Waals surface area (Å²) in [5.74, 6) is 0.0580. The molecule has 1 spiro atoms. The summed E-state index contributed by atoms with van der Waals surface area (Å²) in [6, 6.07) is 17.8. The molecule has 2 aliphatic rings. The Morgan fingerprint density at radius 1 is 1.03 bits per heavy atom. The average molecular weight is 416 g/mol. The van der Waals surface area contributed by atoms with Crippen LogP contribution >= 0.6 is 0 Å². The molecule has 158 valence electrons. The Balaban J connectivity index is 1.26. The van der Waals surface area contributed by atoms with Crippen LogP contribution in [0.3, 0.4) is 0 Å². The van der Waals surface area contributed by atoms with Gasteiger partial charge in [-0.2, -0.15) is 4.98 Å². The second-order valence-corrected chi connectivity index (χ2v) is 8.22. The van der Waals surface area contributed by atoms with Crippen LogP contribution in [-0.2, 0) is 10.2 Å². The lowest BCUT2D eigenvalue weighted by Crippen LogP contribution is -2.48. The van der Waals surface area contributed by atoms with Crippen molar-refractivity contribution in [3.8, 4) is 11.3 Å². The van der Waals surface area contributed by atoms with Crippen LogP contribution in [0.5, 0.6) is 0 Å². The topological polar surface area (TPSA) is 78.7 Å². The van der Waals surface area contributed by atoms with Gasteiger partial charge >= 0.3 is 12.0 Å². The van der Waals surface area contributed by atoms with E-state index in [1.165, 1.54) is 5.56 Å². The van der Waals surface area contributed by atoms with Crippen molar-refractivity contribution in [1.29, 1.82) is 0 Å². The van der Waals surface area contributed by atoms with Crippen molar-refractivity contribution in [2.24, 2.45) is 0 Å². The Kier molecular flexibility index (Phi) is 4.73. The number of oxazole rings is 1. The molecule has 0 unspecified atom stereocenters. The van der Waals surface area contributed by atoms with E-state index in [4.69, 9.17) is 4.42 Å². The standard InChI is InChI=1S/C24H24N4O3/c1-17(29)28-16-24(19-9-5-6-10-21(19)28)11-13-27(14-12-24)23(30)26-22-25-20(15-31-22)18-7-3-2-4-8-18/h2-10,15H,11-14,16H2,1H3,(H,25,26,30). The molecule has 0 aliphatic carbocycles. The molecule has 0 radical (unpaired) electrons. The minimum Gasteiger partial charge on any atom is -0.431 e. The highest BCUT2D eigenvalue weighted by molar-refractivity contribution is 5.95. The zero-order valence-corrected chi connectivity index (χ0v) is 17.4. The number of anilines is 2. The zero-order valence-electron chi connectivity index (χ0n) is 17.4. The second-order valence-electron chi connectivity index (χ2n) is 8.22. The first-order valence-electron chi connectivity index (χ1n) is 10.5. The van der Waals surface area contributed by atoms with Crippen LogP contribution in [-0.4, -0.2) is 41.5 Å². The van der Waals surface area contributed by atoms with Crippen molar-refractivity contribution in [1.82, 2.24) is 9.88 Å². The minimum absolute atomic E-state index is 0.0580. The third-order valence-electron chi connectivity index (χ3n) is 6.40. The number of piperidine rings is 1. The first-order chi connectivity index (χ1) is 15.1. The van der Waals surface area contributed by atoms with Gasteiger partial charge in [-0.3, -0.25) is 10.1 Å². The average Bonchev–Trinajstić information content (AvgIpc) is 3.39.